The first-order chi connectivity index (χ1) is 10.6. The Morgan fingerprint density at radius 1 is 1.00 bits per heavy atom. The summed E-state index contributed by atoms with van der Waals surface area (Å²) in [6, 6.07) is 10.1. The third-order valence-corrected chi connectivity index (χ3v) is 4.44. The highest BCUT2D eigenvalue weighted by Gasteiger charge is 2.34. The fraction of sp³-hybridized carbons (Fsp3) is 0.500. The molecule has 118 valence electrons. The Hall–Kier alpha value is -1.92. The van der Waals surface area contributed by atoms with Gasteiger partial charge < -0.3 is 9.80 Å². The molecule has 22 heavy (non-hydrogen) atoms. The Morgan fingerprint density at radius 2 is 1.64 bits per heavy atom. The maximum Gasteiger partial charge on any atom is 0.241 e. The molecule has 2 N–H and O–H groups in total. The first-order valence-electron chi connectivity index (χ1n) is 7.75. The Bertz CT molecular complexity index is 540. The van der Waals surface area contributed by atoms with Crippen molar-refractivity contribution in [2.45, 2.75) is 25.4 Å². The molecule has 2 unspecified atom stereocenters. The minimum absolute atomic E-state index is 0.0805. The standard InChI is InChI=1S/C16H22N4O2/c1-12(21)19-7-9-20(10-8-19)16(22)15-11-14(17-18-15)13-5-3-2-4-6-13/h2-6,14-15,17-18H,7-11H2,1H3. The number of carbonyl (C=O) groups is 2. The molecule has 0 spiro atoms. The Balaban J connectivity index is 1.55. The minimum Gasteiger partial charge on any atom is -0.339 e. The summed E-state index contributed by atoms with van der Waals surface area (Å²) in [4.78, 5) is 27.5. The molecule has 2 saturated heterocycles. The van der Waals surface area contributed by atoms with Crippen LogP contribution in [0.25, 0.3) is 0 Å². The Morgan fingerprint density at radius 3 is 2.27 bits per heavy atom. The fourth-order valence-electron chi connectivity index (χ4n) is 3.08. The number of hydrogen-bond donors (Lipinski definition) is 2. The first kappa shape index (κ1) is 15.0. The van der Waals surface area contributed by atoms with Gasteiger partial charge in [-0.15, -0.1) is 0 Å². The molecule has 2 heterocycles. The molecule has 0 radical (unpaired) electrons. The van der Waals surface area contributed by atoms with Crippen LogP contribution in [0.3, 0.4) is 0 Å². The van der Waals surface area contributed by atoms with Gasteiger partial charge in [-0.1, -0.05) is 30.3 Å². The van der Waals surface area contributed by atoms with E-state index in [1.54, 1.807) is 11.8 Å². The van der Waals surface area contributed by atoms with E-state index < -0.39 is 0 Å². The second-order valence-electron chi connectivity index (χ2n) is 5.87. The molecule has 2 amide bonds. The van der Waals surface area contributed by atoms with Gasteiger partial charge in [0, 0.05) is 39.1 Å². The van der Waals surface area contributed by atoms with Crippen LogP contribution in [0.4, 0.5) is 0 Å². The highest BCUT2D eigenvalue weighted by molar-refractivity contribution is 5.82. The summed E-state index contributed by atoms with van der Waals surface area (Å²) < 4.78 is 0. The van der Waals surface area contributed by atoms with E-state index in [9.17, 15) is 9.59 Å². The van der Waals surface area contributed by atoms with Crippen LogP contribution in [0.5, 0.6) is 0 Å². The number of nitrogens with one attached hydrogen (secondary N) is 2. The van der Waals surface area contributed by atoms with E-state index in [0.717, 1.165) is 6.42 Å². The van der Waals surface area contributed by atoms with E-state index in [2.05, 4.69) is 23.0 Å². The van der Waals surface area contributed by atoms with Gasteiger partial charge in [-0.25, -0.2) is 10.9 Å². The third kappa shape index (κ3) is 3.13. The number of amides is 2. The number of nitrogens with zero attached hydrogens (tertiary/aromatic N) is 2. The molecule has 2 fully saturated rings. The summed E-state index contributed by atoms with van der Waals surface area (Å²) in [7, 11) is 0. The zero-order valence-corrected chi connectivity index (χ0v) is 12.8. The zero-order valence-electron chi connectivity index (χ0n) is 12.8. The molecule has 0 aliphatic carbocycles. The summed E-state index contributed by atoms with van der Waals surface area (Å²) in [5.74, 6) is 0.200. The average molecular weight is 302 g/mol. The molecule has 1 aromatic carbocycles. The van der Waals surface area contributed by atoms with Gasteiger partial charge >= 0.3 is 0 Å². The lowest BCUT2D eigenvalue weighted by Gasteiger charge is -2.35. The molecule has 0 bridgehead atoms. The van der Waals surface area contributed by atoms with Crippen molar-refractivity contribution in [3.05, 3.63) is 35.9 Å². The zero-order chi connectivity index (χ0) is 15.5. The summed E-state index contributed by atoms with van der Waals surface area (Å²) >= 11 is 0. The van der Waals surface area contributed by atoms with Crippen molar-refractivity contribution >= 4 is 11.8 Å². The monoisotopic (exact) mass is 302 g/mol. The quantitative estimate of drug-likeness (QED) is 0.824. The number of hydrazine groups is 1. The number of piperazine rings is 1. The average Bonchev–Trinajstić information content (AvgIpc) is 3.05. The number of rotatable bonds is 2. The molecule has 3 rings (SSSR count). The Kier molecular flexibility index (Phi) is 4.40. The van der Waals surface area contributed by atoms with Crippen LogP contribution in [0.1, 0.15) is 24.9 Å². The van der Waals surface area contributed by atoms with Gasteiger partial charge in [0.25, 0.3) is 0 Å². The number of carbonyl (C=O) groups excluding carboxylic acids is 2. The lowest BCUT2D eigenvalue weighted by molar-refractivity contribution is -0.139. The molecule has 0 aromatic heterocycles. The van der Waals surface area contributed by atoms with Crippen molar-refractivity contribution in [3.63, 3.8) is 0 Å². The normalized spacial score (nSPS) is 25.3. The SMILES string of the molecule is CC(=O)N1CCN(C(=O)C2CC(c3ccccc3)NN2)CC1. The van der Waals surface area contributed by atoms with E-state index >= 15 is 0 Å². The lowest BCUT2D eigenvalue weighted by Crippen LogP contribution is -2.54. The van der Waals surface area contributed by atoms with Crippen LogP contribution in [-0.4, -0.2) is 53.8 Å². The van der Waals surface area contributed by atoms with Crippen molar-refractivity contribution in [2.75, 3.05) is 26.2 Å². The first-order valence-corrected chi connectivity index (χ1v) is 7.75. The van der Waals surface area contributed by atoms with E-state index in [1.165, 1.54) is 5.56 Å². The van der Waals surface area contributed by atoms with Gasteiger partial charge in [0.05, 0.1) is 0 Å². The van der Waals surface area contributed by atoms with E-state index in [1.807, 2.05) is 23.1 Å². The highest BCUT2D eigenvalue weighted by atomic mass is 16.2. The topological polar surface area (TPSA) is 64.7 Å². The van der Waals surface area contributed by atoms with Crippen molar-refractivity contribution in [2.24, 2.45) is 0 Å². The molecule has 6 heteroatoms. The third-order valence-electron chi connectivity index (χ3n) is 4.44. The van der Waals surface area contributed by atoms with Crippen molar-refractivity contribution in [1.29, 1.82) is 0 Å². The molecule has 2 aliphatic heterocycles. The van der Waals surface area contributed by atoms with E-state index in [-0.39, 0.29) is 23.9 Å². The fourth-order valence-corrected chi connectivity index (χ4v) is 3.08. The van der Waals surface area contributed by atoms with Crippen LogP contribution in [0, 0.1) is 0 Å². The summed E-state index contributed by atoms with van der Waals surface area (Å²) in [5.41, 5.74) is 7.51. The minimum atomic E-state index is -0.200. The summed E-state index contributed by atoms with van der Waals surface area (Å²) in [6.07, 6.45) is 0.746. The second-order valence-corrected chi connectivity index (χ2v) is 5.87. The van der Waals surface area contributed by atoms with Crippen LogP contribution in [-0.2, 0) is 9.59 Å². The van der Waals surface area contributed by atoms with E-state index in [0.29, 0.717) is 26.2 Å². The van der Waals surface area contributed by atoms with E-state index in [4.69, 9.17) is 0 Å². The smallest absolute Gasteiger partial charge is 0.241 e. The summed E-state index contributed by atoms with van der Waals surface area (Å²) in [5, 5.41) is 0. The molecule has 1 aromatic rings. The summed E-state index contributed by atoms with van der Waals surface area (Å²) in [6.45, 7) is 4.07. The van der Waals surface area contributed by atoms with Gasteiger partial charge in [-0.2, -0.15) is 0 Å². The maximum absolute atomic E-state index is 12.6. The van der Waals surface area contributed by atoms with Crippen LogP contribution >= 0.6 is 0 Å². The van der Waals surface area contributed by atoms with Gasteiger partial charge in [0.1, 0.15) is 6.04 Å². The number of benzene rings is 1. The maximum atomic E-state index is 12.6. The molecule has 2 atom stereocenters. The number of hydrogen-bond acceptors (Lipinski definition) is 4. The van der Waals surface area contributed by atoms with Crippen LogP contribution < -0.4 is 10.9 Å². The van der Waals surface area contributed by atoms with Gasteiger partial charge in [0.15, 0.2) is 0 Å². The van der Waals surface area contributed by atoms with Crippen molar-refractivity contribution in [1.82, 2.24) is 20.7 Å². The van der Waals surface area contributed by atoms with Crippen molar-refractivity contribution in [3.8, 4) is 0 Å². The predicted octanol–water partition coefficient (Wildman–Crippen LogP) is 0.285. The molecule has 2 aliphatic rings. The molecular formula is C16H22N4O2. The second kappa shape index (κ2) is 6.46. The predicted molar refractivity (Wildman–Crippen MR) is 82.7 cm³/mol. The van der Waals surface area contributed by atoms with Crippen LogP contribution in [0.2, 0.25) is 0 Å². The van der Waals surface area contributed by atoms with Crippen LogP contribution in [0.15, 0.2) is 30.3 Å². The largest absolute Gasteiger partial charge is 0.339 e. The lowest BCUT2D eigenvalue weighted by atomic mass is 10.0. The van der Waals surface area contributed by atoms with Gasteiger partial charge in [0.2, 0.25) is 11.8 Å². The van der Waals surface area contributed by atoms with Gasteiger partial charge in [-0.3, -0.25) is 9.59 Å². The Labute approximate surface area is 130 Å². The molecule has 6 nitrogen and oxygen atoms in total. The highest BCUT2D eigenvalue weighted by Crippen LogP contribution is 2.23. The molecule has 0 saturated carbocycles. The van der Waals surface area contributed by atoms with Gasteiger partial charge in [-0.05, 0) is 12.0 Å². The van der Waals surface area contributed by atoms with Crippen molar-refractivity contribution < 1.29 is 9.59 Å². The molecular weight excluding hydrogens is 280 g/mol.